The molecule has 1 unspecified atom stereocenters. The third-order valence-corrected chi connectivity index (χ3v) is 3.51. The zero-order chi connectivity index (χ0) is 17.4. The molecular weight excluding hydrogens is 353 g/mol. The normalized spacial score (nSPS) is 11.6. The van der Waals surface area contributed by atoms with Crippen LogP contribution in [0, 0.1) is 0 Å². The van der Waals surface area contributed by atoms with Crippen LogP contribution in [0.3, 0.4) is 0 Å². The molecule has 0 aromatic heterocycles. The van der Waals surface area contributed by atoms with Gasteiger partial charge in [0, 0.05) is 11.1 Å². The maximum absolute atomic E-state index is 10.4. The summed E-state index contributed by atoms with van der Waals surface area (Å²) in [6.07, 6.45) is -0.536. The highest BCUT2D eigenvalue weighted by Gasteiger charge is 2.11. The summed E-state index contributed by atoms with van der Waals surface area (Å²) in [5.41, 5.74) is 0. The van der Waals surface area contributed by atoms with Gasteiger partial charge in [-0.05, 0) is 36.9 Å². The zero-order valence-corrected chi connectivity index (χ0v) is 14.5. The lowest BCUT2D eigenvalue weighted by Gasteiger charge is -2.17. The van der Waals surface area contributed by atoms with E-state index < -0.39 is 6.23 Å². The second kappa shape index (κ2) is 9.37. The van der Waals surface area contributed by atoms with E-state index in [1.54, 1.807) is 42.5 Å². The molecule has 0 aliphatic heterocycles. The molecule has 1 N–H and O–H groups in total. The first-order chi connectivity index (χ1) is 11.6. The van der Waals surface area contributed by atoms with Crippen molar-refractivity contribution in [3.63, 3.8) is 0 Å². The molecule has 128 valence electrons. The van der Waals surface area contributed by atoms with Crippen LogP contribution in [-0.4, -0.2) is 25.9 Å². The molecule has 1 atom stereocenters. The number of benzene rings is 2. The maximum Gasteiger partial charge on any atom is 0.294 e. The number of hydrogen-bond acceptors (Lipinski definition) is 5. The second-order valence-corrected chi connectivity index (χ2v) is 5.58. The van der Waals surface area contributed by atoms with E-state index >= 15 is 0 Å². The summed E-state index contributed by atoms with van der Waals surface area (Å²) < 4.78 is 16.1. The van der Waals surface area contributed by atoms with Crippen LogP contribution in [0.25, 0.3) is 0 Å². The van der Waals surface area contributed by atoms with Gasteiger partial charge in [-0.1, -0.05) is 36.2 Å². The van der Waals surface area contributed by atoms with Gasteiger partial charge in [0.05, 0.1) is 5.02 Å². The Morgan fingerprint density at radius 2 is 1.96 bits per heavy atom. The smallest absolute Gasteiger partial charge is 0.294 e. The highest BCUT2D eigenvalue weighted by atomic mass is 35.5. The van der Waals surface area contributed by atoms with Crippen LogP contribution in [0.1, 0.15) is 6.92 Å². The highest BCUT2D eigenvalue weighted by molar-refractivity contribution is 6.32. The topological polar surface area (TPSA) is 56.8 Å². The van der Waals surface area contributed by atoms with E-state index in [-0.39, 0.29) is 6.61 Å². The van der Waals surface area contributed by atoms with Crippen molar-refractivity contribution >= 4 is 29.7 Å². The first-order valence-corrected chi connectivity index (χ1v) is 8.06. The lowest BCUT2D eigenvalue weighted by Crippen LogP contribution is -2.36. The third kappa shape index (κ3) is 5.60. The SMILES string of the molecule is CCNC(COc1ccc(Oc2cccc(Cl)c2)cc1Cl)OC=O. The van der Waals surface area contributed by atoms with Crippen molar-refractivity contribution in [1.82, 2.24) is 5.32 Å². The number of hydrogen-bond donors (Lipinski definition) is 1. The van der Waals surface area contributed by atoms with Crippen LogP contribution >= 0.6 is 23.2 Å². The molecule has 0 radical (unpaired) electrons. The summed E-state index contributed by atoms with van der Waals surface area (Å²) in [7, 11) is 0. The van der Waals surface area contributed by atoms with Crippen molar-refractivity contribution in [2.24, 2.45) is 0 Å². The molecule has 0 fully saturated rings. The molecule has 0 saturated carbocycles. The maximum atomic E-state index is 10.4. The van der Waals surface area contributed by atoms with Gasteiger partial charge in [0.1, 0.15) is 23.9 Å². The predicted octanol–water partition coefficient (Wildman–Crippen LogP) is 4.27. The van der Waals surface area contributed by atoms with E-state index in [0.29, 0.717) is 40.3 Å². The molecule has 0 aliphatic carbocycles. The van der Waals surface area contributed by atoms with Gasteiger partial charge in [0.15, 0.2) is 6.23 Å². The molecule has 0 heterocycles. The van der Waals surface area contributed by atoms with E-state index in [0.717, 1.165) is 0 Å². The molecule has 0 amide bonds. The Bertz CT molecular complexity index is 681. The standard InChI is InChI=1S/C17H17Cl2NO4/c1-2-20-17(23-11-21)10-22-16-7-6-14(9-15(16)19)24-13-5-3-4-12(18)8-13/h3-9,11,17,20H,2,10H2,1H3. The van der Waals surface area contributed by atoms with Gasteiger partial charge in [-0.25, -0.2) is 0 Å². The van der Waals surface area contributed by atoms with Gasteiger partial charge >= 0.3 is 0 Å². The number of nitrogens with one attached hydrogen (secondary N) is 1. The third-order valence-electron chi connectivity index (χ3n) is 2.98. The van der Waals surface area contributed by atoms with E-state index in [9.17, 15) is 4.79 Å². The van der Waals surface area contributed by atoms with Gasteiger partial charge in [-0.15, -0.1) is 0 Å². The molecule has 24 heavy (non-hydrogen) atoms. The minimum Gasteiger partial charge on any atom is -0.487 e. The van der Waals surface area contributed by atoms with Gasteiger partial charge in [-0.2, -0.15) is 0 Å². The quantitative estimate of drug-likeness (QED) is 0.528. The fourth-order valence-corrected chi connectivity index (χ4v) is 2.34. The van der Waals surface area contributed by atoms with Crippen LogP contribution in [0.15, 0.2) is 42.5 Å². The second-order valence-electron chi connectivity index (χ2n) is 4.74. The monoisotopic (exact) mass is 369 g/mol. The van der Waals surface area contributed by atoms with Crippen LogP contribution in [0.5, 0.6) is 17.2 Å². The van der Waals surface area contributed by atoms with E-state index in [1.807, 2.05) is 6.92 Å². The summed E-state index contributed by atoms with van der Waals surface area (Å²) >= 11 is 12.1. The largest absolute Gasteiger partial charge is 0.487 e. The van der Waals surface area contributed by atoms with Crippen LogP contribution in [0.2, 0.25) is 10.0 Å². The minimum atomic E-state index is -0.536. The molecular formula is C17H17Cl2NO4. The lowest BCUT2D eigenvalue weighted by molar-refractivity contribution is -0.136. The van der Waals surface area contributed by atoms with Gasteiger partial charge in [-0.3, -0.25) is 10.1 Å². The van der Waals surface area contributed by atoms with Crippen LogP contribution in [0.4, 0.5) is 0 Å². The first-order valence-electron chi connectivity index (χ1n) is 7.30. The summed E-state index contributed by atoms with van der Waals surface area (Å²) in [5.74, 6) is 1.63. The molecule has 2 aromatic rings. The average molecular weight is 370 g/mol. The predicted molar refractivity (Wildman–Crippen MR) is 93.1 cm³/mol. The number of halogens is 2. The number of likely N-dealkylation sites (N-methyl/N-ethyl adjacent to an activating group) is 1. The van der Waals surface area contributed by atoms with E-state index in [2.05, 4.69) is 5.32 Å². The summed E-state index contributed by atoms with van der Waals surface area (Å²) in [4.78, 5) is 10.4. The molecule has 2 rings (SSSR count). The molecule has 0 bridgehead atoms. The van der Waals surface area contributed by atoms with Crippen molar-refractivity contribution in [1.29, 1.82) is 0 Å². The Morgan fingerprint density at radius 1 is 1.17 bits per heavy atom. The Morgan fingerprint density at radius 3 is 2.62 bits per heavy atom. The molecule has 7 heteroatoms. The molecule has 5 nitrogen and oxygen atoms in total. The first kappa shape index (κ1) is 18.4. The minimum absolute atomic E-state index is 0.140. The summed E-state index contributed by atoms with van der Waals surface area (Å²) in [5, 5.41) is 3.94. The number of rotatable bonds is 9. The van der Waals surface area contributed by atoms with Gasteiger partial charge in [0.25, 0.3) is 6.47 Å². The van der Waals surface area contributed by atoms with Crippen LogP contribution < -0.4 is 14.8 Å². The van der Waals surface area contributed by atoms with E-state index in [1.165, 1.54) is 0 Å². The Hall–Kier alpha value is -1.95. The zero-order valence-electron chi connectivity index (χ0n) is 13.0. The number of carbonyl (C=O) groups is 1. The van der Waals surface area contributed by atoms with E-state index in [4.69, 9.17) is 37.4 Å². The fraction of sp³-hybridized carbons (Fsp3) is 0.235. The number of ether oxygens (including phenoxy) is 3. The molecule has 0 aliphatic rings. The van der Waals surface area contributed by atoms with Gasteiger partial charge in [0.2, 0.25) is 0 Å². The van der Waals surface area contributed by atoms with Crippen LogP contribution in [-0.2, 0) is 9.53 Å². The van der Waals surface area contributed by atoms with Crippen molar-refractivity contribution in [3.05, 3.63) is 52.5 Å². The van der Waals surface area contributed by atoms with Crippen molar-refractivity contribution < 1.29 is 19.0 Å². The summed E-state index contributed by atoms with van der Waals surface area (Å²) in [6.45, 7) is 3.05. The van der Waals surface area contributed by atoms with Crippen molar-refractivity contribution in [2.75, 3.05) is 13.2 Å². The molecule has 0 saturated heterocycles. The fourth-order valence-electron chi connectivity index (χ4n) is 1.94. The molecule has 2 aromatic carbocycles. The average Bonchev–Trinajstić information content (AvgIpc) is 2.54. The Kier molecular flexibility index (Phi) is 7.18. The van der Waals surface area contributed by atoms with Gasteiger partial charge < -0.3 is 14.2 Å². The van der Waals surface area contributed by atoms with Crippen molar-refractivity contribution in [3.8, 4) is 17.2 Å². The lowest BCUT2D eigenvalue weighted by atomic mass is 10.3. The highest BCUT2D eigenvalue weighted by Crippen LogP contribution is 2.32. The summed E-state index contributed by atoms with van der Waals surface area (Å²) in [6, 6.07) is 12.1. The number of carbonyl (C=O) groups excluding carboxylic acids is 1. The Balaban J connectivity index is 1.99. The Labute approximate surface area is 150 Å². The molecule has 0 spiro atoms. The van der Waals surface area contributed by atoms with Crippen molar-refractivity contribution in [2.45, 2.75) is 13.2 Å².